The summed E-state index contributed by atoms with van der Waals surface area (Å²) in [6, 6.07) is 7.27. The number of rotatable bonds is 5. The van der Waals surface area contributed by atoms with Crippen molar-refractivity contribution in [3.8, 4) is 5.75 Å². The molecule has 0 aromatic heterocycles. The summed E-state index contributed by atoms with van der Waals surface area (Å²) in [5, 5.41) is 4.45. The van der Waals surface area contributed by atoms with E-state index >= 15 is 0 Å². The van der Waals surface area contributed by atoms with Crippen molar-refractivity contribution in [1.29, 1.82) is 0 Å². The summed E-state index contributed by atoms with van der Waals surface area (Å²) in [6.45, 7) is 0.631. The molecule has 0 radical (unpaired) electrons. The third kappa shape index (κ3) is 5.14. The molecule has 88 valence electrons. The molecule has 1 aromatic rings. The normalized spacial score (nSPS) is 11.4. The number of benzene rings is 1. The lowest BCUT2D eigenvalue weighted by Crippen LogP contribution is -2.10. The molecule has 4 N–H and O–H groups in total. The van der Waals surface area contributed by atoms with E-state index in [-0.39, 0.29) is 0 Å². The molecule has 0 aliphatic carbocycles. The SMILES string of the molecule is NN=C(N)SCCCOc1ccc(Cl)cc1. The molecule has 0 unspecified atom stereocenters. The van der Waals surface area contributed by atoms with E-state index in [0.717, 1.165) is 17.9 Å². The van der Waals surface area contributed by atoms with Gasteiger partial charge in [-0.1, -0.05) is 23.4 Å². The van der Waals surface area contributed by atoms with Crippen LogP contribution in [-0.2, 0) is 0 Å². The topological polar surface area (TPSA) is 73.6 Å². The van der Waals surface area contributed by atoms with Crippen molar-refractivity contribution in [3.05, 3.63) is 29.3 Å². The second-order valence-electron chi connectivity index (χ2n) is 2.97. The van der Waals surface area contributed by atoms with Crippen LogP contribution in [0.15, 0.2) is 29.4 Å². The molecule has 16 heavy (non-hydrogen) atoms. The van der Waals surface area contributed by atoms with Crippen LogP contribution in [0.1, 0.15) is 6.42 Å². The highest BCUT2D eigenvalue weighted by molar-refractivity contribution is 8.13. The van der Waals surface area contributed by atoms with Gasteiger partial charge in [0.25, 0.3) is 0 Å². The Bertz CT molecular complexity index is 342. The van der Waals surface area contributed by atoms with Crippen LogP contribution in [0, 0.1) is 0 Å². The van der Waals surface area contributed by atoms with E-state index in [1.165, 1.54) is 11.8 Å². The summed E-state index contributed by atoms with van der Waals surface area (Å²) in [4.78, 5) is 0. The van der Waals surface area contributed by atoms with Crippen molar-refractivity contribution < 1.29 is 4.74 Å². The zero-order valence-corrected chi connectivity index (χ0v) is 10.3. The molecule has 0 aliphatic heterocycles. The van der Waals surface area contributed by atoms with Crippen LogP contribution in [-0.4, -0.2) is 17.5 Å². The molecule has 0 aliphatic rings. The summed E-state index contributed by atoms with van der Waals surface area (Å²) in [6.07, 6.45) is 0.878. The fraction of sp³-hybridized carbons (Fsp3) is 0.300. The van der Waals surface area contributed by atoms with Crippen LogP contribution in [0.25, 0.3) is 0 Å². The number of hydrogen-bond acceptors (Lipinski definition) is 4. The molecule has 0 fully saturated rings. The number of halogens is 1. The van der Waals surface area contributed by atoms with Crippen LogP contribution in [0.4, 0.5) is 0 Å². The highest BCUT2D eigenvalue weighted by Gasteiger charge is 1.96. The van der Waals surface area contributed by atoms with Crippen LogP contribution in [0.2, 0.25) is 5.02 Å². The van der Waals surface area contributed by atoms with Gasteiger partial charge in [-0.25, -0.2) is 0 Å². The summed E-state index contributed by atoms with van der Waals surface area (Å²) >= 11 is 7.16. The Hall–Kier alpha value is -1.07. The Morgan fingerprint density at radius 1 is 1.38 bits per heavy atom. The lowest BCUT2D eigenvalue weighted by atomic mass is 10.3. The number of hydrogen-bond donors (Lipinski definition) is 2. The summed E-state index contributed by atoms with van der Waals surface area (Å²) < 4.78 is 5.49. The fourth-order valence-corrected chi connectivity index (χ4v) is 1.67. The maximum absolute atomic E-state index is 5.75. The summed E-state index contributed by atoms with van der Waals surface area (Å²) in [5.41, 5.74) is 5.42. The average Bonchev–Trinajstić information content (AvgIpc) is 2.31. The number of thioether (sulfide) groups is 1. The molecule has 4 nitrogen and oxygen atoms in total. The van der Waals surface area contributed by atoms with Gasteiger partial charge < -0.3 is 16.3 Å². The molecule has 0 spiro atoms. The van der Waals surface area contributed by atoms with Crippen LogP contribution in [0.5, 0.6) is 5.75 Å². The van der Waals surface area contributed by atoms with Crippen molar-refractivity contribution in [3.63, 3.8) is 0 Å². The molecule has 0 atom stereocenters. The monoisotopic (exact) mass is 259 g/mol. The molecule has 0 heterocycles. The van der Waals surface area contributed by atoms with E-state index in [1.54, 1.807) is 12.1 Å². The van der Waals surface area contributed by atoms with Gasteiger partial charge in [0.2, 0.25) is 0 Å². The first-order valence-corrected chi connectivity index (χ1v) is 6.13. The minimum absolute atomic E-state index is 0.395. The number of nitrogens with zero attached hydrogens (tertiary/aromatic N) is 1. The summed E-state index contributed by atoms with van der Waals surface area (Å²) in [7, 11) is 0. The highest BCUT2D eigenvalue weighted by atomic mass is 35.5. The molecular formula is C10H14ClN3OS. The lowest BCUT2D eigenvalue weighted by molar-refractivity contribution is 0.319. The number of hydrazone groups is 1. The first kappa shape index (κ1) is 13.0. The molecule has 0 amide bonds. The molecule has 1 rings (SSSR count). The minimum atomic E-state index is 0.395. The minimum Gasteiger partial charge on any atom is -0.494 e. The van der Waals surface area contributed by atoms with Crippen LogP contribution in [0.3, 0.4) is 0 Å². The van der Waals surface area contributed by atoms with Crippen LogP contribution >= 0.6 is 23.4 Å². The number of nitrogens with two attached hydrogens (primary N) is 2. The van der Waals surface area contributed by atoms with Crippen molar-refractivity contribution in [1.82, 2.24) is 0 Å². The third-order valence-corrected chi connectivity index (χ3v) is 2.89. The molecule has 0 saturated heterocycles. The first-order chi connectivity index (χ1) is 7.72. The van der Waals surface area contributed by atoms with Crippen LogP contribution < -0.4 is 16.3 Å². The van der Waals surface area contributed by atoms with E-state index in [4.69, 9.17) is 27.9 Å². The Balaban J connectivity index is 2.14. The lowest BCUT2D eigenvalue weighted by Gasteiger charge is -2.05. The summed E-state index contributed by atoms with van der Waals surface area (Å²) in [5.74, 6) is 6.64. The number of amidine groups is 1. The predicted molar refractivity (Wildman–Crippen MR) is 69.8 cm³/mol. The second kappa shape index (κ2) is 7.24. The van der Waals surface area contributed by atoms with Gasteiger partial charge in [-0.05, 0) is 30.7 Å². The maximum atomic E-state index is 5.75. The fourth-order valence-electron chi connectivity index (χ4n) is 0.994. The van der Waals surface area contributed by atoms with Gasteiger partial charge in [0.15, 0.2) is 5.17 Å². The zero-order chi connectivity index (χ0) is 11.8. The van der Waals surface area contributed by atoms with Crippen molar-refractivity contribution in [2.45, 2.75) is 6.42 Å². The number of ether oxygens (including phenoxy) is 1. The largest absolute Gasteiger partial charge is 0.494 e. The van der Waals surface area contributed by atoms with E-state index in [1.807, 2.05) is 12.1 Å². The quantitative estimate of drug-likeness (QED) is 0.279. The molecule has 6 heteroatoms. The van der Waals surface area contributed by atoms with E-state index in [2.05, 4.69) is 5.10 Å². The zero-order valence-electron chi connectivity index (χ0n) is 8.73. The highest BCUT2D eigenvalue weighted by Crippen LogP contribution is 2.15. The van der Waals surface area contributed by atoms with Crippen molar-refractivity contribution in [2.75, 3.05) is 12.4 Å². The van der Waals surface area contributed by atoms with Crippen molar-refractivity contribution in [2.24, 2.45) is 16.7 Å². The molecule has 0 bridgehead atoms. The van der Waals surface area contributed by atoms with Gasteiger partial charge in [-0.3, -0.25) is 0 Å². The van der Waals surface area contributed by atoms with Gasteiger partial charge in [0.1, 0.15) is 5.75 Å². The van der Waals surface area contributed by atoms with Gasteiger partial charge in [-0.15, -0.1) is 0 Å². The van der Waals surface area contributed by atoms with E-state index in [0.29, 0.717) is 16.8 Å². The Morgan fingerprint density at radius 3 is 2.69 bits per heavy atom. The smallest absolute Gasteiger partial charge is 0.177 e. The average molecular weight is 260 g/mol. The second-order valence-corrected chi connectivity index (χ2v) is 4.52. The first-order valence-electron chi connectivity index (χ1n) is 4.77. The molecule has 0 saturated carbocycles. The Labute approximate surface area is 104 Å². The molecule has 1 aromatic carbocycles. The van der Waals surface area contributed by atoms with Crippen molar-refractivity contribution >= 4 is 28.5 Å². The predicted octanol–water partition coefficient (Wildman–Crippen LogP) is 2.03. The third-order valence-electron chi connectivity index (χ3n) is 1.75. The van der Waals surface area contributed by atoms with Gasteiger partial charge >= 0.3 is 0 Å². The Kier molecular flexibility index (Phi) is 5.88. The Morgan fingerprint density at radius 2 is 2.06 bits per heavy atom. The standard InChI is InChI=1S/C10H14ClN3OS/c11-8-2-4-9(5-3-8)15-6-1-7-16-10(12)14-13/h2-5H,1,6-7,13H2,(H2,12,14). The van der Waals surface area contributed by atoms with E-state index < -0.39 is 0 Å². The van der Waals surface area contributed by atoms with Gasteiger partial charge in [0.05, 0.1) is 6.61 Å². The molecular weight excluding hydrogens is 246 g/mol. The van der Waals surface area contributed by atoms with Gasteiger partial charge in [-0.2, -0.15) is 5.10 Å². The van der Waals surface area contributed by atoms with E-state index in [9.17, 15) is 0 Å². The maximum Gasteiger partial charge on any atom is 0.177 e. The van der Waals surface area contributed by atoms with Gasteiger partial charge in [0, 0.05) is 10.8 Å².